The molecule has 1 saturated heterocycles. The molecule has 0 aromatic heterocycles. The molecule has 2 rings (SSSR count). The number of hydrogen-bond donors (Lipinski definition) is 0. The van der Waals surface area contributed by atoms with Crippen molar-refractivity contribution in [3.8, 4) is 0 Å². The van der Waals surface area contributed by atoms with Gasteiger partial charge in [-0.05, 0) is 38.7 Å². The molecule has 2 heterocycles. The molecule has 3 heteroatoms. The van der Waals surface area contributed by atoms with Gasteiger partial charge in [-0.15, -0.1) is 0 Å². The summed E-state index contributed by atoms with van der Waals surface area (Å²) in [7, 11) is 0. The van der Waals surface area contributed by atoms with Gasteiger partial charge in [0.15, 0.2) is 0 Å². The summed E-state index contributed by atoms with van der Waals surface area (Å²) in [6.07, 6.45) is 44.6. The SMILES string of the molecule is CCCCCCCCCCCCCCC1OC1CCCCCCCCCCCCCCCCCC1=C[C@H](C)OC1=O. The predicted octanol–water partition coefficient (Wildman–Crippen LogP) is 12.3. The van der Waals surface area contributed by atoms with Crippen LogP contribution in [0.1, 0.15) is 206 Å². The highest BCUT2D eigenvalue weighted by atomic mass is 16.6. The Labute approximate surface area is 256 Å². The molecule has 3 atom stereocenters. The van der Waals surface area contributed by atoms with Crippen LogP contribution in [0.2, 0.25) is 0 Å². The molecule has 0 saturated carbocycles. The minimum absolute atomic E-state index is 0.0168. The third kappa shape index (κ3) is 20.7. The van der Waals surface area contributed by atoms with Crippen LogP contribution in [0.3, 0.4) is 0 Å². The first-order valence-corrected chi connectivity index (χ1v) is 18.8. The largest absolute Gasteiger partial charge is 0.455 e. The lowest BCUT2D eigenvalue weighted by molar-refractivity contribution is -0.139. The Hall–Kier alpha value is -0.830. The molecule has 0 bridgehead atoms. The highest BCUT2D eigenvalue weighted by Gasteiger charge is 2.36. The summed E-state index contributed by atoms with van der Waals surface area (Å²) >= 11 is 0. The van der Waals surface area contributed by atoms with Gasteiger partial charge in [0.2, 0.25) is 0 Å². The van der Waals surface area contributed by atoms with Crippen molar-refractivity contribution in [3.05, 3.63) is 11.6 Å². The van der Waals surface area contributed by atoms with E-state index in [0.717, 1.165) is 18.4 Å². The number of cyclic esters (lactones) is 1. The molecule has 0 aliphatic carbocycles. The Morgan fingerprint density at radius 1 is 0.512 bits per heavy atom. The van der Waals surface area contributed by atoms with Crippen LogP contribution in [-0.4, -0.2) is 24.3 Å². The first-order valence-electron chi connectivity index (χ1n) is 18.8. The maximum atomic E-state index is 11.6. The van der Waals surface area contributed by atoms with Crippen LogP contribution >= 0.6 is 0 Å². The molecule has 0 radical (unpaired) electrons. The minimum atomic E-state index is -0.0885. The van der Waals surface area contributed by atoms with Crippen molar-refractivity contribution >= 4 is 5.97 Å². The maximum Gasteiger partial charge on any atom is 0.334 e. The van der Waals surface area contributed by atoms with E-state index in [9.17, 15) is 4.79 Å². The van der Waals surface area contributed by atoms with Gasteiger partial charge in [-0.25, -0.2) is 4.79 Å². The van der Waals surface area contributed by atoms with Gasteiger partial charge in [-0.1, -0.05) is 174 Å². The second-order valence-corrected chi connectivity index (χ2v) is 13.5. The number of rotatable bonds is 31. The molecular weight excluding hydrogens is 504 g/mol. The summed E-state index contributed by atoms with van der Waals surface area (Å²) < 4.78 is 11.1. The molecule has 0 N–H and O–H groups in total. The van der Waals surface area contributed by atoms with Gasteiger partial charge in [-0.3, -0.25) is 0 Å². The predicted molar refractivity (Wildman–Crippen MR) is 176 cm³/mol. The fourth-order valence-electron chi connectivity index (χ4n) is 6.65. The number of carbonyl (C=O) groups is 1. The van der Waals surface area contributed by atoms with Crippen molar-refractivity contribution in [2.45, 2.75) is 225 Å². The molecular formula is C38H70O3. The van der Waals surface area contributed by atoms with Crippen LogP contribution in [0.4, 0.5) is 0 Å². The lowest BCUT2D eigenvalue weighted by Gasteiger charge is -2.04. The molecule has 2 aliphatic heterocycles. The number of carbonyl (C=O) groups excluding carboxylic acids is 1. The minimum Gasteiger partial charge on any atom is -0.455 e. The van der Waals surface area contributed by atoms with Crippen LogP contribution in [0.5, 0.6) is 0 Å². The number of epoxide rings is 1. The first-order chi connectivity index (χ1) is 20.2. The Morgan fingerprint density at radius 2 is 0.854 bits per heavy atom. The molecule has 0 spiro atoms. The monoisotopic (exact) mass is 575 g/mol. The Morgan fingerprint density at radius 3 is 1.20 bits per heavy atom. The summed E-state index contributed by atoms with van der Waals surface area (Å²) in [6, 6.07) is 0. The fourth-order valence-corrected chi connectivity index (χ4v) is 6.65. The zero-order valence-corrected chi connectivity index (χ0v) is 27.7. The van der Waals surface area contributed by atoms with Crippen molar-refractivity contribution in [1.82, 2.24) is 0 Å². The lowest BCUT2D eigenvalue weighted by Crippen LogP contribution is -2.03. The van der Waals surface area contributed by atoms with Gasteiger partial charge in [-0.2, -0.15) is 0 Å². The molecule has 41 heavy (non-hydrogen) atoms. The smallest absolute Gasteiger partial charge is 0.334 e. The van der Waals surface area contributed by atoms with E-state index in [1.165, 1.54) is 180 Å². The zero-order valence-electron chi connectivity index (χ0n) is 27.7. The van der Waals surface area contributed by atoms with E-state index in [1.54, 1.807) is 0 Å². The summed E-state index contributed by atoms with van der Waals surface area (Å²) in [4.78, 5) is 11.6. The average Bonchev–Trinajstić information content (AvgIpc) is 3.63. The molecule has 2 unspecified atom stereocenters. The number of ether oxygens (including phenoxy) is 2. The lowest BCUT2D eigenvalue weighted by atomic mass is 10.0. The van der Waals surface area contributed by atoms with Crippen molar-refractivity contribution < 1.29 is 14.3 Å². The third-order valence-corrected chi connectivity index (χ3v) is 9.46. The Kier molecular flexibility index (Phi) is 22.7. The number of hydrogen-bond acceptors (Lipinski definition) is 3. The van der Waals surface area contributed by atoms with Crippen molar-refractivity contribution in [2.24, 2.45) is 0 Å². The van der Waals surface area contributed by atoms with Crippen molar-refractivity contribution in [3.63, 3.8) is 0 Å². The molecule has 0 aromatic carbocycles. The van der Waals surface area contributed by atoms with Crippen molar-refractivity contribution in [2.75, 3.05) is 0 Å². The van der Waals surface area contributed by atoms with E-state index in [2.05, 4.69) is 6.92 Å². The van der Waals surface area contributed by atoms with Crippen molar-refractivity contribution in [1.29, 1.82) is 0 Å². The Balaban J connectivity index is 1.19. The van der Waals surface area contributed by atoms with E-state index < -0.39 is 0 Å². The summed E-state index contributed by atoms with van der Waals surface area (Å²) in [5, 5.41) is 0. The van der Waals surface area contributed by atoms with Gasteiger partial charge < -0.3 is 9.47 Å². The molecule has 0 amide bonds. The van der Waals surface area contributed by atoms with Crippen LogP contribution < -0.4 is 0 Å². The van der Waals surface area contributed by atoms with E-state index in [4.69, 9.17) is 9.47 Å². The van der Waals surface area contributed by atoms with E-state index in [1.807, 2.05) is 13.0 Å². The molecule has 3 nitrogen and oxygen atoms in total. The van der Waals surface area contributed by atoms with Gasteiger partial charge in [0, 0.05) is 5.57 Å². The highest BCUT2D eigenvalue weighted by molar-refractivity contribution is 5.90. The van der Waals surface area contributed by atoms with Crippen LogP contribution in [0.15, 0.2) is 11.6 Å². The number of unbranched alkanes of at least 4 members (excludes halogenated alkanes) is 25. The average molecular weight is 575 g/mol. The highest BCUT2D eigenvalue weighted by Crippen LogP contribution is 2.32. The maximum absolute atomic E-state index is 11.6. The van der Waals surface area contributed by atoms with E-state index in [-0.39, 0.29) is 12.1 Å². The van der Waals surface area contributed by atoms with Crippen LogP contribution in [0.25, 0.3) is 0 Å². The molecule has 240 valence electrons. The van der Waals surface area contributed by atoms with Gasteiger partial charge in [0.25, 0.3) is 0 Å². The van der Waals surface area contributed by atoms with Crippen LogP contribution in [0, 0.1) is 0 Å². The fraction of sp³-hybridized carbons (Fsp3) is 0.921. The van der Waals surface area contributed by atoms with Gasteiger partial charge in [0.05, 0.1) is 12.2 Å². The van der Waals surface area contributed by atoms with Gasteiger partial charge in [0.1, 0.15) is 6.10 Å². The van der Waals surface area contributed by atoms with Gasteiger partial charge >= 0.3 is 5.97 Å². The second kappa shape index (κ2) is 25.6. The van der Waals surface area contributed by atoms with E-state index >= 15 is 0 Å². The molecule has 1 fully saturated rings. The Bertz CT molecular complexity index is 641. The molecule has 0 aromatic rings. The number of esters is 1. The normalized spacial score (nSPS) is 20.0. The quantitative estimate of drug-likeness (QED) is 0.0469. The zero-order chi connectivity index (χ0) is 29.2. The molecule has 2 aliphatic rings. The summed E-state index contributed by atoms with van der Waals surface area (Å²) in [5.41, 5.74) is 0.902. The summed E-state index contributed by atoms with van der Waals surface area (Å²) in [5.74, 6) is -0.0885. The third-order valence-electron chi connectivity index (χ3n) is 9.46. The van der Waals surface area contributed by atoms with Crippen LogP contribution in [-0.2, 0) is 14.3 Å². The summed E-state index contributed by atoms with van der Waals surface area (Å²) in [6.45, 7) is 4.24. The topological polar surface area (TPSA) is 38.8 Å². The van der Waals surface area contributed by atoms with E-state index in [0.29, 0.717) is 12.2 Å². The standard InChI is InChI=1S/C38H70O3/c1-3-4-5-6-7-8-9-16-19-22-25-28-31-36-37(41-36)32-29-26-23-20-17-14-12-10-11-13-15-18-21-24-27-30-35-33-34(2)40-38(35)39/h33-34,36-37H,3-32H2,1-2H3/t34-,36?,37?/m0/s1. The first kappa shape index (κ1) is 36.4. The second-order valence-electron chi connectivity index (χ2n) is 13.5.